The van der Waals surface area contributed by atoms with E-state index in [1.165, 1.54) is 0 Å². The van der Waals surface area contributed by atoms with Crippen molar-refractivity contribution in [1.29, 1.82) is 0 Å². The van der Waals surface area contributed by atoms with Crippen LogP contribution in [0.4, 0.5) is 4.79 Å². The van der Waals surface area contributed by atoms with Crippen LogP contribution in [0, 0.1) is 0 Å². The number of carbonyl (C=O) groups is 3. The molecule has 0 fully saturated rings. The molecule has 0 aromatic rings. The maximum absolute atomic E-state index is 11.5. The Balaban J connectivity index is 4.08. The van der Waals surface area contributed by atoms with E-state index in [0.29, 0.717) is 19.3 Å². The van der Waals surface area contributed by atoms with Crippen LogP contribution in [0.2, 0.25) is 0 Å². The Kier molecular flexibility index (Phi) is 7.64. The Hall–Kier alpha value is -1.79. The number of carboxylic acids is 2. The van der Waals surface area contributed by atoms with Crippen LogP contribution >= 0.6 is 0 Å². The van der Waals surface area contributed by atoms with Crippen molar-refractivity contribution in [2.45, 2.75) is 64.5 Å². The SMILES string of the molecule is CC(C)(C)OC(=O)N[C@@H](CCCCCC(=O)O)C(=O)O. The molecule has 7 heteroatoms. The van der Waals surface area contributed by atoms with Gasteiger partial charge in [-0.05, 0) is 33.6 Å². The average molecular weight is 289 g/mol. The Morgan fingerprint density at radius 1 is 1.10 bits per heavy atom. The number of carboxylic acid groups (broad SMARTS) is 2. The summed E-state index contributed by atoms with van der Waals surface area (Å²) in [7, 11) is 0. The molecule has 0 heterocycles. The van der Waals surface area contributed by atoms with E-state index < -0.39 is 29.7 Å². The average Bonchev–Trinajstić information content (AvgIpc) is 2.23. The summed E-state index contributed by atoms with van der Waals surface area (Å²) < 4.78 is 4.99. The van der Waals surface area contributed by atoms with Crippen LogP contribution < -0.4 is 5.32 Å². The number of hydrogen-bond acceptors (Lipinski definition) is 4. The summed E-state index contributed by atoms with van der Waals surface area (Å²) in [6.45, 7) is 5.07. The second-order valence-corrected chi connectivity index (χ2v) is 5.53. The van der Waals surface area contributed by atoms with Gasteiger partial charge in [0.15, 0.2) is 0 Å². The van der Waals surface area contributed by atoms with Crippen molar-refractivity contribution in [3.63, 3.8) is 0 Å². The third kappa shape index (κ3) is 10.2. The summed E-state index contributed by atoms with van der Waals surface area (Å²) in [6.07, 6.45) is 1.17. The summed E-state index contributed by atoms with van der Waals surface area (Å²) in [4.78, 5) is 32.8. The minimum absolute atomic E-state index is 0.0667. The fourth-order valence-electron chi connectivity index (χ4n) is 1.51. The van der Waals surface area contributed by atoms with Crippen LogP contribution in [-0.2, 0) is 14.3 Å². The van der Waals surface area contributed by atoms with E-state index in [1.807, 2.05) is 0 Å². The molecule has 0 aromatic carbocycles. The number of carbonyl (C=O) groups excluding carboxylic acids is 1. The zero-order valence-electron chi connectivity index (χ0n) is 12.1. The van der Waals surface area contributed by atoms with Gasteiger partial charge in [-0.2, -0.15) is 0 Å². The third-order valence-electron chi connectivity index (χ3n) is 2.37. The van der Waals surface area contributed by atoms with Gasteiger partial charge in [-0.1, -0.05) is 12.8 Å². The number of nitrogens with one attached hydrogen (secondary N) is 1. The highest BCUT2D eigenvalue weighted by Crippen LogP contribution is 2.09. The molecular formula is C13H23NO6. The fourth-order valence-corrected chi connectivity index (χ4v) is 1.51. The van der Waals surface area contributed by atoms with Crippen molar-refractivity contribution in [2.75, 3.05) is 0 Å². The van der Waals surface area contributed by atoms with Crippen molar-refractivity contribution < 1.29 is 29.3 Å². The molecule has 1 amide bonds. The fraction of sp³-hybridized carbons (Fsp3) is 0.769. The first kappa shape index (κ1) is 18.2. The molecule has 0 spiro atoms. The number of rotatable bonds is 8. The van der Waals surface area contributed by atoms with E-state index in [4.69, 9.17) is 14.9 Å². The van der Waals surface area contributed by atoms with E-state index in [9.17, 15) is 14.4 Å². The van der Waals surface area contributed by atoms with Gasteiger partial charge in [-0.15, -0.1) is 0 Å². The van der Waals surface area contributed by atoms with E-state index >= 15 is 0 Å². The number of alkyl carbamates (subject to hydrolysis) is 1. The molecule has 0 radical (unpaired) electrons. The first-order chi connectivity index (χ1) is 9.11. The summed E-state index contributed by atoms with van der Waals surface area (Å²) in [5.41, 5.74) is -0.686. The van der Waals surface area contributed by atoms with Crippen LogP contribution in [0.1, 0.15) is 52.9 Å². The maximum atomic E-state index is 11.5. The molecular weight excluding hydrogens is 266 g/mol. The molecule has 0 aliphatic rings. The number of unbranched alkanes of at least 4 members (excludes halogenated alkanes) is 2. The van der Waals surface area contributed by atoms with Gasteiger partial charge in [-0.3, -0.25) is 4.79 Å². The second kappa shape index (κ2) is 8.39. The molecule has 116 valence electrons. The van der Waals surface area contributed by atoms with Gasteiger partial charge in [0.2, 0.25) is 0 Å². The largest absolute Gasteiger partial charge is 0.481 e. The first-order valence-electron chi connectivity index (χ1n) is 6.56. The molecule has 0 bridgehead atoms. The molecule has 0 saturated carbocycles. The predicted octanol–water partition coefficient (Wildman–Crippen LogP) is 2.00. The van der Waals surface area contributed by atoms with Crippen LogP contribution in [0.25, 0.3) is 0 Å². The van der Waals surface area contributed by atoms with Crippen LogP contribution in [-0.4, -0.2) is 39.9 Å². The molecule has 0 aliphatic carbocycles. The normalized spacial score (nSPS) is 12.6. The first-order valence-corrected chi connectivity index (χ1v) is 6.56. The van der Waals surface area contributed by atoms with E-state index in [1.54, 1.807) is 20.8 Å². The molecule has 0 rings (SSSR count). The Morgan fingerprint density at radius 2 is 1.70 bits per heavy atom. The van der Waals surface area contributed by atoms with E-state index in [-0.39, 0.29) is 12.8 Å². The lowest BCUT2D eigenvalue weighted by Crippen LogP contribution is -2.43. The summed E-state index contributed by atoms with van der Waals surface area (Å²) >= 11 is 0. The van der Waals surface area contributed by atoms with Crippen LogP contribution in [0.3, 0.4) is 0 Å². The van der Waals surface area contributed by atoms with Gasteiger partial charge >= 0.3 is 18.0 Å². The van der Waals surface area contributed by atoms with Crippen molar-refractivity contribution in [3.8, 4) is 0 Å². The predicted molar refractivity (Wildman–Crippen MR) is 71.5 cm³/mol. The minimum atomic E-state index is -1.13. The van der Waals surface area contributed by atoms with Crippen LogP contribution in [0.15, 0.2) is 0 Å². The lowest BCUT2D eigenvalue weighted by Gasteiger charge is -2.22. The molecule has 20 heavy (non-hydrogen) atoms. The zero-order chi connectivity index (χ0) is 15.8. The molecule has 0 unspecified atom stereocenters. The van der Waals surface area contributed by atoms with E-state index in [2.05, 4.69) is 5.32 Å². The van der Waals surface area contributed by atoms with Crippen molar-refractivity contribution in [1.82, 2.24) is 5.32 Å². The molecule has 0 saturated heterocycles. The molecule has 7 nitrogen and oxygen atoms in total. The smallest absolute Gasteiger partial charge is 0.408 e. The van der Waals surface area contributed by atoms with E-state index in [0.717, 1.165) is 0 Å². The highest BCUT2D eigenvalue weighted by atomic mass is 16.6. The standard InChI is InChI=1S/C13H23NO6/c1-13(2,3)20-12(19)14-9(11(17)18)7-5-4-6-8-10(15)16/h9H,4-8H2,1-3H3,(H,14,19)(H,15,16)(H,17,18)/t9-/m0/s1. The Bertz CT molecular complexity index is 347. The Morgan fingerprint density at radius 3 is 2.15 bits per heavy atom. The number of aliphatic carboxylic acids is 2. The highest BCUT2D eigenvalue weighted by molar-refractivity contribution is 5.79. The quantitative estimate of drug-likeness (QED) is 0.589. The minimum Gasteiger partial charge on any atom is -0.481 e. The molecule has 3 N–H and O–H groups in total. The van der Waals surface area contributed by atoms with Gasteiger partial charge in [0.05, 0.1) is 0 Å². The van der Waals surface area contributed by atoms with Gasteiger partial charge in [-0.25, -0.2) is 9.59 Å². The summed E-state index contributed by atoms with van der Waals surface area (Å²) in [5, 5.41) is 19.8. The zero-order valence-corrected chi connectivity index (χ0v) is 12.1. The number of amides is 1. The maximum Gasteiger partial charge on any atom is 0.408 e. The number of ether oxygens (including phenoxy) is 1. The topological polar surface area (TPSA) is 113 Å². The van der Waals surface area contributed by atoms with Gasteiger partial charge in [0.1, 0.15) is 11.6 Å². The summed E-state index contributed by atoms with van der Waals surface area (Å²) in [5.74, 6) is -2.00. The van der Waals surface area contributed by atoms with Gasteiger partial charge < -0.3 is 20.3 Å². The van der Waals surface area contributed by atoms with Crippen molar-refractivity contribution in [2.24, 2.45) is 0 Å². The highest BCUT2D eigenvalue weighted by Gasteiger charge is 2.23. The number of hydrogen-bond donors (Lipinski definition) is 3. The third-order valence-corrected chi connectivity index (χ3v) is 2.37. The monoisotopic (exact) mass is 289 g/mol. The summed E-state index contributed by atoms with van der Waals surface area (Å²) in [6, 6.07) is -1.02. The van der Waals surface area contributed by atoms with Crippen LogP contribution in [0.5, 0.6) is 0 Å². The second-order valence-electron chi connectivity index (χ2n) is 5.53. The molecule has 0 aliphatic heterocycles. The van der Waals surface area contributed by atoms with Gasteiger partial charge in [0, 0.05) is 6.42 Å². The Labute approximate surface area is 118 Å². The lowest BCUT2D eigenvalue weighted by atomic mass is 10.1. The van der Waals surface area contributed by atoms with Gasteiger partial charge in [0.25, 0.3) is 0 Å². The molecule has 0 aromatic heterocycles. The van der Waals surface area contributed by atoms with Crippen molar-refractivity contribution >= 4 is 18.0 Å². The van der Waals surface area contributed by atoms with Crippen molar-refractivity contribution in [3.05, 3.63) is 0 Å². The lowest BCUT2D eigenvalue weighted by molar-refractivity contribution is -0.140. The molecule has 1 atom stereocenters.